The van der Waals surface area contributed by atoms with Crippen LogP contribution in [0.2, 0.25) is 0 Å². The van der Waals surface area contributed by atoms with Crippen LogP contribution in [0.25, 0.3) is 0 Å². The Hall–Kier alpha value is -1.35. The van der Waals surface area contributed by atoms with Crippen LogP contribution in [0, 0.1) is 0 Å². The van der Waals surface area contributed by atoms with Crippen LogP contribution in [0.3, 0.4) is 0 Å². The van der Waals surface area contributed by atoms with Crippen molar-refractivity contribution in [3.05, 3.63) is 29.8 Å². The lowest BCUT2D eigenvalue weighted by molar-refractivity contribution is 0.0990. The molecule has 0 aromatic heterocycles. The molecule has 3 nitrogen and oxygen atoms in total. The van der Waals surface area contributed by atoms with Crippen LogP contribution in [-0.2, 0) is 0 Å². The summed E-state index contributed by atoms with van der Waals surface area (Å²) in [7, 11) is 1.61. The second-order valence-electron chi connectivity index (χ2n) is 3.05. The first-order valence-corrected chi connectivity index (χ1v) is 4.23. The summed E-state index contributed by atoms with van der Waals surface area (Å²) in [5, 5.41) is 2.98. The highest BCUT2D eigenvalue weighted by Gasteiger charge is 2.29. The van der Waals surface area contributed by atoms with Crippen molar-refractivity contribution >= 4 is 5.78 Å². The van der Waals surface area contributed by atoms with Gasteiger partial charge in [-0.1, -0.05) is 0 Å². The van der Waals surface area contributed by atoms with E-state index in [0.717, 1.165) is 17.9 Å². The molecular weight excluding hydrogens is 166 g/mol. The smallest absolute Gasteiger partial charge is 0.181 e. The van der Waals surface area contributed by atoms with Gasteiger partial charge in [-0.15, -0.1) is 0 Å². The first kappa shape index (κ1) is 8.26. The number of hydrogen-bond donors (Lipinski definition) is 1. The number of ketones is 1. The predicted molar refractivity (Wildman–Crippen MR) is 49.1 cm³/mol. The van der Waals surface area contributed by atoms with Gasteiger partial charge in [0.2, 0.25) is 0 Å². The maximum absolute atomic E-state index is 11.5. The summed E-state index contributed by atoms with van der Waals surface area (Å²) in [5.41, 5.74) is 0.746. The molecule has 1 saturated heterocycles. The van der Waals surface area contributed by atoms with Crippen molar-refractivity contribution in [1.29, 1.82) is 0 Å². The number of benzene rings is 1. The fourth-order valence-corrected chi connectivity index (χ4v) is 1.20. The molecule has 0 bridgehead atoms. The summed E-state index contributed by atoms with van der Waals surface area (Å²) in [6, 6.07) is 7.24. The van der Waals surface area contributed by atoms with Crippen LogP contribution >= 0.6 is 0 Å². The number of Topliss-reactive ketones (excluding diaryl/α,β-unsaturated/α-hetero) is 1. The van der Waals surface area contributed by atoms with Gasteiger partial charge in [0.25, 0.3) is 0 Å². The zero-order valence-electron chi connectivity index (χ0n) is 7.41. The Morgan fingerprint density at radius 3 is 2.54 bits per heavy atom. The SMILES string of the molecule is COc1ccc(C(=O)C2CN2)cc1. The van der Waals surface area contributed by atoms with E-state index in [9.17, 15) is 4.79 Å². The molecule has 1 aromatic rings. The summed E-state index contributed by atoms with van der Waals surface area (Å²) in [5.74, 6) is 0.947. The number of ether oxygens (including phenoxy) is 1. The van der Waals surface area contributed by atoms with Gasteiger partial charge in [-0.25, -0.2) is 0 Å². The lowest BCUT2D eigenvalue weighted by Gasteiger charge is -2.00. The molecule has 3 heteroatoms. The summed E-state index contributed by atoms with van der Waals surface area (Å²) in [6.45, 7) is 0.810. The molecule has 0 spiro atoms. The van der Waals surface area contributed by atoms with E-state index in [2.05, 4.69) is 5.32 Å². The molecule has 1 aliphatic rings. The quantitative estimate of drug-likeness (QED) is 0.550. The molecule has 0 radical (unpaired) electrons. The van der Waals surface area contributed by atoms with Crippen molar-refractivity contribution in [2.24, 2.45) is 0 Å². The number of carbonyl (C=O) groups excluding carboxylic acids is 1. The maximum atomic E-state index is 11.5. The number of methoxy groups -OCH3 is 1. The Balaban J connectivity index is 2.16. The van der Waals surface area contributed by atoms with Gasteiger partial charge in [0, 0.05) is 12.1 Å². The zero-order valence-corrected chi connectivity index (χ0v) is 7.41. The minimum absolute atomic E-state index is 0.0494. The number of hydrogen-bond acceptors (Lipinski definition) is 3. The molecule has 13 heavy (non-hydrogen) atoms. The number of carbonyl (C=O) groups is 1. The van der Waals surface area contributed by atoms with Gasteiger partial charge >= 0.3 is 0 Å². The molecule has 1 atom stereocenters. The van der Waals surface area contributed by atoms with Gasteiger partial charge in [0.1, 0.15) is 5.75 Å². The lowest BCUT2D eigenvalue weighted by atomic mass is 10.1. The van der Waals surface area contributed by atoms with Crippen molar-refractivity contribution in [3.8, 4) is 5.75 Å². The van der Waals surface area contributed by atoms with E-state index >= 15 is 0 Å². The van der Waals surface area contributed by atoms with Gasteiger partial charge in [-0.05, 0) is 24.3 Å². The van der Waals surface area contributed by atoms with Gasteiger partial charge < -0.3 is 10.1 Å². The van der Waals surface area contributed by atoms with Crippen molar-refractivity contribution < 1.29 is 9.53 Å². The maximum Gasteiger partial charge on any atom is 0.181 e. The summed E-state index contributed by atoms with van der Waals surface area (Å²) in [4.78, 5) is 11.5. The molecule has 0 amide bonds. The Morgan fingerprint density at radius 2 is 2.08 bits per heavy atom. The van der Waals surface area contributed by atoms with E-state index in [1.54, 1.807) is 31.4 Å². The highest BCUT2D eigenvalue weighted by Crippen LogP contribution is 2.14. The molecule has 2 rings (SSSR count). The third-order valence-electron chi connectivity index (χ3n) is 2.10. The first-order chi connectivity index (χ1) is 6.31. The summed E-state index contributed by atoms with van der Waals surface area (Å²) < 4.78 is 5.00. The molecular formula is C10H11NO2. The highest BCUT2D eigenvalue weighted by atomic mass is 16.5. The standard InChI is InChI=1S/C10H11NO2/c1-13-8-4-2-7(3-5-8)10(12)9-6-11-9/h2-5,9,11H,6H2,1H3. The molecule has 68 valence electrons. The van der Waals surface area contributed by atoms with E-state index in [1.807, 2.05) is 0 Å². The third kappa shape index (κ3) is 1.70. The Bertz CT molecular complexity index is 314. The van der Waals surface area contributed by atoms with Crippen LogP contribution < -0.4 is 10.1 Å². The summed E-state index contributed by atoms with van der Waals surface area (Å²) in [6.07, 6.45) is 0. The molecule has 1 aliphatic heterocycles. The van der Waals surface area contributed by atoms with E-state index < -0.39 is 0 Å². The second kappa shape index (κ2) is 3.18. The normalized spacial score (nSPS) is 19.6. The van der Waals surface area contributed by atoms with E-state index in [-0.39, 0.29) is 11.8 Å². The molecule has 1 unspecified atom stereocenters. The van der Waals surface area contributed by atoms with Crippen molar-refractivity contribution in [2.75, 3.05) is 13.7 Å². The van der Waals surface area contributed by atoms with Gasteiger partial charge in [0.05, 0.1) is 13.2 Å². The van der Waals surface area contributed by atoms with Gasteiger partial charge in [-0.2, -0.15) is 0 Å². The molecule has 1 fully saturated rings. The average molecular weight is 177 g/mol. The fraction of sp³-hybridized carbons (Fsp3) is 0.300. The van der Waals surface area contributed by atoms with Crippen LogP contribution in [0.15, 0.2) is 24.3 Å². The Kier molecular flexibility index (Phi) is 2.02. The fourth-order valence-electron chi connectivity index (χ4n) is 1.20. The van der Waals surface area contributed by atoms with Crippen LogP contribution in [-0.4, -0.2) is 25.5 Å². The second-order valence-corrected chi connectivity index (χ2v) is 3.05. The monoisotopic (exact) mass is 177 g/mol. The number of rotatable bonds is 3. The Morgan fingerprint density at radius 1 is 1.46 bits per heavy atom. The van der Waals surface area contributed by atoms with E-state index in [0.29, 0.717) is 0 Å². The third-order valence-corrected chi connectivity index (χ3v) is 2.10. The first-order valence-electron chi connectivity index (χ1n) is 4.23. The zero-order chi connectivity index (χ0) is 9.26. The van der Waals surface area contributed by atoms with Gasteiger partial charge in [0.15, 0.2) is 5.78 Å². The topological polar surface area (TPSA) is 48.2 Å². The molecule has 0 aliphatic carbocycles. The predicted octanol–water partition coefficient (Wildman–Crippen LogP) is 0.850. The van der Waals surface area contributed by atoms with E-state index in [1.165, 1.54) is 0 Å². The van der Waals surface area contributed by atoms with Crippen LogP contribution in [0.5, 0.6) is 5.75 Å². The van der Waals surface area contributed by atoms with Crippen molar-refractivity contribution in [3.63, 3.8) is 0 Å². The molecule has 0 saturated carbocycles. The van der Waals surface area contributed by atoms with Crippen LogP contribution in [0.1, 0.15) is 10.4 Å². The van der Waals surface area contributed by atoms with Crippen LogP contribution in [0.4, 0.5) is 0 Å². The van der Waals surface area contributed by atoms with Gasteiger partial charge in [-0.3, -0.25) is 4.79 Å². The summed E-state index contributed by atoms with van der Waals surface area (Å²) >= 11 is 0. The van der Waals surface area contributed by atoms with Crippen molar-refractivity contribution in [2.45, 2.75) is 6.04 Å². The lowest BCUT2D eigenvalue weighted by Crippen LogP contribution is -2.09. The molecule has 1 aromatic carbocycles. The molecule has 1 heterocycles. The highest BCUT2D eigenvalue weighted by molar-refractivity contribution is 6.02. The number of nitrogens with one attached hydrogen (secondary N) is 1. The average Bonchev–Trinajstić information content (AvgIpc) is 3.00. The van der Waals surface area contributed by atoms with Crippen molar-refractivity contribution in [1.82, 2.24) is 5.32 Å². The largest absolute Gasteiger partial charge is 0.497 e. The minimum Gasteiger partial charge on any atom is -0.497 e. The Labute approximate surface area is 76.7 Å². The molecule has 1 N–H and O–H groups in total. The van der Waals surface area contributed by atoms with E-state index in [4.69, 9.17) is 4.74 Å². The minimum atomic E-state index is 0.0494.